The lowest BCUT2D eigenvalue weighted by molar-refractivity contribution is -0.127. The predicted octanol–water partition coefficient (Wildman–Crippen LogP) is -0.992. The van der Waals surface area contributed by atoms with Crippen molar-refractivity contribution in [2.24, 2.45) is 11.5 Å². The van der Waals surface area contributed by atoms with E-state index in [1.165, 1.54) is 0 Å². The molecule has 1 fully saturated rings. The van der Waals surface area contributed by atoms with Gasteiger partial charge in [0.2, 0.25) is 5.91 Å². The Balaban J connectivity index is 2.63. The van der Waals surface area contributed by atoms with Gasteiger partial charge in [-0.25, -0.2) is 4.79 Å². The number of amides is 3. The van der Waals surface area contributed by atoms with Crippen LogP contribution in [-0.4, -0.2) is 55.2 Å². The molecule has 7 heteroatoms. The number of rotatable bonds is 4. The van der Waals surface area contributed by atoms with Crippen LogP contribution in [0.4, 0.5) is 4.79 Å². The van der Waals surface area contributed by atoms with Crippen LogP contribution in [0.2, 0.25) is 0 Å². The van der Waals surface area contributed by atoms with Crippen LogP contribution in [0.25, 0.3) is 0 Å². The first-order chi connectivity index (χ1) is 8.49. The second-order valence-electron chi connectivity index (χ2n) is 4.54. The van der Waals surface area contributed by atoms with E-state index in [9.17, 15) is 9.59 Å². The number of hydrogen-bond donors (Lipinski definition) is 3. The highest BCUT2D eigenvalue weighted by Gasteiger charge is 2.33. The Labute approximate surface area is 107 Å². The number of ether oxygens (including phenoxy) is 1. The van der Waals surface area contributed by atoms with Crippen molar-refractivity contribution in [1.29, 1.82) is 0 Å². The Hall–Kier alpha value is -1.18. The molecule has 0 aliphatic carbocycles. The van der Waals surface area contributed by atoms with Crippen LogP contribution in [-0.2, 0) is 9.53 Å². The van der Waals surface area contributed by atoms with Gasteiger partial charge in [0.05, 0.1) is 12.1 Å². The van der Waals surface area contributed by atoms with Crippen molar-refractivity contribution in [3.8, 4) is 0 Å². The molecule has 1 aliphatic rings. The van der Waals surface area contributed by atoms with Crippen LogP contribution in [0.3, 0.4) is 0 Å². The van der Waals surface area contributed by atoms with Gasteiger partial charge in [-0.3, -0.25) is 15.0 Å². The van der Waals surface area contributed by atoms with Crippen LogP contribution in [0.1, 0.15) is 19.8 Å². The third-order valence-electron chi connectivity index (χ3n) is 3.44. The Morgan fingerprint density at radius 1 is 1.56 bits per heavy atom. The van der Waals surface area contributed by atoms with Crippen LogP contribution >= 0.6 is 0 Å². The Morgan fingerprint density at radius 3 is 2.72 bits per heavy atom. The van der Waals surface area contributed by atoms with Gasteiger partial charge in [-0.2, -0.15) is 0 Å². The zero-order valence-electron chi connectivity index (χ0n) is 10.9. The highest BCUT2D eigenvalue weighted by Crippen LogP contribution is 2.21. The third-order valence-corrected chi connectivity index (χ3v) is 3.44. The summed E-state index contributed by atoms with van der Waals surface area (Å²) in [7, 11) is 1.68. The second kappa shape index (κ2) is 6.67. The SMILES string of the molecule is COC1CCN(C(C)C(=O)NC(N)=O)C(CN)C1. The molecule has 0 spiro atoms. The van der Waals surface area contributed by atoms with E-state index in [1.54, 1.807) is 14.0 Å². The van der Waals surface area contributed by atoms with Crippen molar-refractivity contribution < 1.29 is 14.3 Å². The minimum absolute atomic E-state index is 0.0809. The maximum absolute atomic E-state index is 11.7. The molecular formula is C11H22N4O3. The average molecular weight is 258 g/mol. The fourth-order valence-electron chi connectivity index (χ4n) is 2.36. The summed E-state index contributed by atoms with van der Waals surface area (Å²) in [6, 6.07) is -1.18. The lowest BCUT2D eigenvalue weighted by Gasteiger charge is -2.41. The quantitative estimate of drug-likeness (QED) is 0.599. The molecule has 1 heterocycles. The van der Waals surface area contributed by atoms with Crippen molar-refractivity contribution in [2.45, 2.75) is 38.0 Å². The highest BCUT2D eigenvalue weighted by atomic mass is 16.5. The van der Waals surface area contributed by atoms with E-state index in [-0.39, 0.29) is 12.1 Å². The summed E-state index contributed by atoms with van der Waals surface area (Å²) >= 11 is 0. The van der Waals surface area contributed by atoms with Crippen molar-refractivity contribution in [2.75, 3.05) is 20.2 Å². The van der Waals surface area contributed by atoms with Gasteiger partial charge < -0.3 is 16.2 Å². The summed E-state index contributed by atoms with van der Waals surface area (Å²) in [5.41, 5.74) is 10.7. The summed E-state index contributed by atoms with van der Waals surface area (Å²) in [5, 5.41) is 2.10. The monoisotopic (exact) mass is 258 g/mol. The second-order valence-corrected chi connectivity index (χ2v) is 4.54. The van der Waals surface area contributed by atoms with Crippen LogP contribution in [0, 0.1) is 0 Å². The molecule has 0 aromatic rings. The van der Waals surface area contributed by atoms with Crippen molar-refractivity contribution in [1.82, 2.24) is 10.2 Å². The first-order valence-corrected chi connectivity index (χ1v) is 6.08. The standard InChI is InChI=1S/C11H22N4O3/c1-7(10(16)14-11(13)17)15-4-3-9(18-2)5-8(15)6-12/h7-9H,3-6,12H2,1-2H3,(H3,13,14,16,17). The Kier molecular flexibility index (Phi) is 5.52. The van der Waals surface area contributed by atoms with E-state index in [1.807, 2.05) is 4.90 Å². The van der Waals surface area contributed by atoms with Crippen LogP contribution in [0.5, 0.6) is 0 Å². The molecule has 0 saturated carbocycles. The number of methoxy groups -OCH3 is 1. The molecule has 1 rings (SSSR count). The van der Waals surface area contributed by atoms with Gasteiger partial charge in [0.1, 0.15) is 0 Å². The van der Waals surface area contributed by atoms with Crippen molar-refractivity contribution in [3.63, 3.8) is 0 Å². The number of hydrogen-bond acceptors (Lipinski definition) is 5. The van der Waals surface area contributed by atoms with Gasteiger partial charge in [0.25, 0.3) is 0 Å². The van der Waals surface area contributed by atoms with Gasteiger partial charge in [-0.15, -0.1) is 0 Å². The van der Waals surface area contributed by atoms with E-state index in [2.05, 4.69) is 5.32 Å². The molecule has 0 aromatic carbocycles. The van der Waals surface area contributed by atoms with E-state index in [4.69, 9.17) is 16.2 Å². The lowest BCUT2D eigenvalue weighted by Crippen LogP contribution is -2.57. The highest BCUT2D eigenvalue weighted by molar-refractivity contribution is 5.96. The fraction of sp³-hybridized carbons (Fsp3) is 0.818. The van der Waals surface area contributed by atoms with Gasteiger partial charge in [-0.05, 0) is 19.8 Å². The molecule has 1 saturated heterocycles. The maximum atomic E-state index is 11.7. The summed E-state index contributed by atoms with van der Waals surface area (Å²) in [6.45, 7) is 2.91. The topological polar surface area (TPSA) is 111 Å². The first-order valence-electron chi connectivity index (χ1n) is 6.08. The zero-order chi connectivity index (χ0) is 13.7. The molecule has 18 heavy (non-hydrogen) atoms. The number of nitrogens with zero attached hydrogens (tertiary/aromatic N) is 1. The molecule has 3 unspecified atom stereocenters. The van der Waals surface area contributed by atoms with Gasteiger partial charge in [-0.1, -0.05) is 0 Å². The zero-order valence-corrected chi connectivity index (χ0v) is 10.9. The molecule has 104 valence electrons. The molecule has 0 radical (unpaired) electrons. The number of nitrogens with one attached hydrogen (secondary N) is 1. The molecule has 1 aliphatic heterocycles. The Morgan fingerprint density at radius 2 is 2.22 bits per heavy atom. The fourth-order valence-corrected chi connectivity index (χ4v) is 2.36. The summed E-state index contributed by atoms with van der Waals surface area (Å²) in [5.74, 6) is -0.392. The summed E-state index contributed by atoms with van der Waals surface area (Å²) in [4.78, 5) is 24.4. The molecule has 0 aromatic heterocycles. The van der Waals surface area contributed by atoms with Gasteiger partial charge >= 0.3 is 6.03 Å². The van der Waals surface area contributed by atoms with Crippen molar-refractivity contribution >= 4 is 11.9 Å². The van der Waals surface area contributed by atoms with Gasteiger partial charge in [0, 0.05) is 26.2 Å². The van der Waals surface area contributed by atoms with E-state index >= 15 is 0 Å². The third kappa shape index (κ3) is 3.66. The number of primary amides is 1. The van der Waals surface area contributed by atoms with E-state index in [0.717, 1.165) is 12.8 Å². The number of imide groups is 1. The smallest absolute Gasteiger partial charge is 0.318 e. The molecule has 3 amide bonds. The normalized spacial score (nSPS) is 26.6. The predicted molar refractivity (Wildman–Crippen MR) is 66.8 cm³/mol. The number of carbonyl (C=O) groups excluding carboxylic acids is 2. The van der Waals surface area contributed by atoms with E-state index in [0.29, 0.717) is 13.1 Å². The average Bonchev–Trinajstić information content (AvgIpc) is 2.36. The lowest BCUT2D eigenvalue weighted by atomic mass is 9.97. The minimum atomic E-state index is -0.831. The van der Waals surface area contributed by atoms with Crippen LogP contribution in [0.15, 0.2) is 0 Å². The van der Waals surface area contributed by atoms with E-state index < -0.39 is 18.0 Å². The number of urea groups is 1. The number of carbonyl (C=O) groups is 2. The largest absolute Gasteiger partial charge is 0.381 e. The van der Waals surface area contributed by atoms with Crippen molar-refractivity contribution in [3.05, 3.63) is 0 Å². The summed E-state index contributed by atoms with van der Waals surface area (Å²) in [6.07, 6.45) is 1.82. The number of piperidine rings is 1. The molecule has 3 atom stereocenters. The molecule has 5 N–H and O–H groups in total. The van der Waals surface area contributed by atoms with Gasteiger partial charge in [0.15, 0.2) is 0 Å². The maximum Gasteiger partial charge on any atom is 0.318 e. The molecule has 7 nitrogen and oxygen atoms in total. The molecular weight excluding hydrogens is 236 g/mol. The number of nitrogens with two attached hydrogens (primary N) is 2. The summed E-state index contributed by atoms with van der Waals surface area (Å²) < 4.78 is 5.32. The first kappa shape index (κ1) is 14.9. The van der Waals surface area contributed by atoms with Crippen LogP contribution < -0.4 is 16.8 Å². The minimum Gasteiger partial charge on any atom is -0.381 e. The number of likely N-dealkylation sites (tertiary alicyclic amines) is 1. The Bertz CT molecular complexity index is 311. The molecule has 0 bridgehead atoms.